The van der Waals surface area contributed by atoms with Crippen LogP contribution in [-0.4, -0.2) is 35.9 Å². The summed E-state index contributed by atoms with van der Waals surface area (Å²) in [5, 5.41) is 11.1. The van der Waals surface area contributed by atoms with E-state index >= 15 is 0 Å². The average Bonchev–Trinajstić information content (AvgIpc) is 2.53. The number of benzene rings is 1. The molecule has 0 saturated carbocycles. The third-order valence-corrected chi connectivity index (χ3v) is 3.47. The Morgan fingerprint density at radius 1 is 1.23 bits per heavy atom. The number of ether oxygens (including phenoxy) is 1. The van der Waals surface area contributed by atoms with Crippen LogP contribution in [-0.2, 0) is 0 Å². The van der Waals surface area contributed by atoms with Crippen molar-refractivity contribution in [3.05, 3.63) is 33.9 Å². The molecule has 0 aromatic heterocycles. The zero-order valence-electron chi connectivity index (χ0n) is 13.5. The van der Waals surface area contributed by atoms with Crippen LogP contribution in [0.4, 0.5) is 5.69 Å². The third kappa shape index (κ3) is 4.72. The quantitative estimate of drug-likeness (QED) is 0.515. The molecule has 1 amide bonds. The van der Waals surface area contributed by atoms with Crippen LogP contribution in [0, 0.1) is 10.1 Å². The second kappa shape index (κ2) is 9.02. The lowest BCUT2D eigenvalue weighted by atomic mass is 10.1. The van der Waals surface area contributed by atoms with Gasteiger partial charge in [-0.3, -0.25) is 14.9 Å². The van der Waals surface area contributed by atoms with Crippen LogP contribution in [0.25, 0.3) is 0 Å². The van der Waals surface area contributed by atoms with E-state index < -0.39 is 4.92 Å². The Balaban J connectivity index is 3.01. The molecule has 0 spiro atoms. The summed E-state index contributed by atoms with van der Waals surface area (Å²) in [4.78, 5) is 24.9. The molecule has 122 valence electrons. The minimum atomic E-state index is -0.530. The number of carbonyl (C=O) groups is 1. The summed E-state index contributed by atoms with van der Waals surface area (Å²) in [6, 6.07) is 4.36. The molecule has 22 heavy (non-hydrogen) atoms. The largest absolute Gasteiger partial charge is 0.490 e. The molecule has 6 heteroatoms. The molecule has 0 aliphatic rings. The second-order valence-electron chi connectivity index (χ2n) is 5.14. The fourth-order valence-corrected chi connectivity index (χ4v) is 2.16. The van der Waals surface area contributed by atoms with Crippen molar-refractivity contribution in [3.63, 3.8) is 0 Å². The summed E-state index contributed by atoms with van der Waals surface area (Å²) in [7, 11) is 1.37. The summed E-state index contributed by atoms with van der Waals surface area (Å²) in [6.07, 6.45) is 3.85. The minimum Gasteiger partial charge on any atom is -0.490 e. The molecule has 1 rings (SSSR count). The van der Waals surface area contributed by atoms with Gasteiger partial charge in [0.05, 0.1) is 12.0 Å². The first-order valence-corrected chi connectivity index (χ1v) is 7.66. The molecule has 1 aromatic rings. The molecular formula is C16H24N2O4. The van der Waals surface area contributed by atoms with Gasteiger partial charge in [-0.2, -0.15) is 0 Å². The van der Waals surface area contributed by atoms with Gasteiger partial charge in [-0.15, -0.1) is 0 Å². The molecule has 0 aliphatic heterocycles. The van der Waals surface area contributed by atoms with Gasteiger partial charge in [0, 0.05) is 24.7 Å². The van der Waals surface area contributed by atoms with E-state index in [9.17, 15) is 14.9 Å². The molecule has 0 atom stereocenters. The number of hydrogen-bond donors (Lipinski definition) is 0. The van der Waals surface area contributed by atoms with Crippen LogP contribution < -0.4 is 4.74 Å². The van der Waals surface area contributed by atoms with E-state index in [1.54, 1.807) is 11.0 Å². The molecule has 0 saturated heterocycles. The lowest BCUT2D eigenvalue weighted by molar-refractivity contribution is -0.385. The Morgan fingerprint density at radius 3 is 2.27 bits per heavy atom. The van der Waals surface area contributed by atoms with E-state index in [0.29, 0.717) is 18.7 Å². The fraction of sp³-hybridized carbons (Fsp3) is 0.562. The van der Waals surface area contributed by atoms with E-state index in [2.05, 4.69) is 13.8 Å². The Morgan fingerprint density at radius 2 is 1.82 bits per heavy atom. The molecule has 0 heterocycles. The highest BCUT2D eigenvalue weighted by atomic mass is 16.6. The van der Waals surface area contributed by atoms with Crippen molar-refractivity contribution in [2.24, 2.45) is 0 Å². The smallest absolute Gasteiger partial charge is 0.311 e. The van der Waals surface area contributed by atoms with Crippen molar-refractivity contribution < 1.29 is 14.5 Å². The van der Waals surface area contributed by atoms with Gasteiger partial charge in [-0.1, -0.05) is 26.7 Å². The number of rotatable bonds is 9. The number of carbonyl (C=O) groups excluding carboxylic acids is 1. The van der Waals surface area contributed by atoms with E-state index in [1.807, 2.05) is 0 Å². The molecule has 6 nitrogen and oxygen atoms in total. The number of hydrogen-bond acceptors (Lipinski definition) is 4. The van der Waals surface area contributed by atoms with Crippen molar-refractivity contribution in [2.45, 2.75) is 39.5 Å². The first-order chi connectivity index (χ1) is 10.5. The highest BCUT2D eigenvalue weighted by Gasteiger charge is 2.21. The molecular weight excluding hydrogens is 284 g/mol. The normalized spacial score (nSPS) is 10.3. The maximum absolute atomic E-state index is 12.6. The van der Waals surface area contributed by atoms with Gasteiger partial charge < -0.3 is 9.64 Å². The van der Waals surface area contributed by atoms with Crippen LogP contribution in [0.5, 0.6) is 5.75 Å². The summed E-state index contributed by atoms with van der Waals surface area (Å²) in [6.45, 7) is 5.49. The Labute approximate surface area is 131 Å². The van der Waals surface area contributed by atoms with Gasteiger partial charge in [-0.25, -0.2) is 0 Å². The minimum absolute atomic E-state index is 0.160. The van der Waals surface area contributed by atoms with Crippen molar-refractivity contribution in [1.29, 1.82) is 0 Å². The highest BCUT2D eigenvalue weighted by molar-refractivity contribution is 5.95. The molecule has 0 N–H and O–H groups in total. The molecule has 0 aliphatic carbocycles. The van der Waals surface area contributed by atoms with Crippen LogP contribution in [0.2, 0.25) is 0 Å². The van der Waals surface area contributed by atoms with Crippen molar-refractivity contribution in [3.8, 4) is 5.75 Å². The summed E-state index contributed by atoms with van der Waals surface area (Å²) in [5.41, 5.74) is 0.152. The molecule has 1 aromatic carbocycles. The topological polar surface area (TPSA) is 72.7 Å². The van der Waals surface area contributed by atoms with Crippen LogP contribution >= 0.6 is 0 Å². The second-order valence-corrected chi connectivity index (χ2v) is 5.14. The van der Waals surface area contributed by atoms with E-state index in [0.717, 1.165) is 25.7 Å². The maximum Gasteiger partial charge on any atom is 0.311 e. The van der Waals surface area contributed by atoms with E-state index in [1.165, 1.54) is 19.2 Å². The predicted molar refractivity (Wildman–Crippen MR) is 85.4 cm³/mol. The van der Waals surface area contributed by atoms with E-state index in [4.69, 9.17) is 4.74 Å². The van der Waals surface area contributed by atoms with Crippen LogP contribution in [0.1, 0.15) is 49.9 Å². The van der Waals surface area contributed by atoms with Gasteiger partial charge >= 0.3 is 5.69 Å². The van der Waals surface area contributed by atoms with Gasteiger partial charge in [0.2, 0.25) is 0 Å². The zero-order chi connectivity index (χ0) is 16.5. The lowest BCUT2D eigenvalue weighted by Crippen LogP contribution is -2.33. The highest BCUT2D eigenvalue weighted by Crippen LogP contribution is 2.28. The molecule has 0 radical (unpaired) electrons. The standard InChI is InChI=1S/C16H24N2O4/c1-4-6-10-17(11-7-5-2)16(19)13-8-9-15(22-3)14(12-13)18(20)21/h8-9,12H,4-7,10-11H2,1-3H3. The maximum atomic E-state index is 12.6. The van der Waals surface area contributed by atoms with Gasteiger partial charge in [0.25, 0.3) is 5.91 Å². The van der Waals surface area contributed by atoms with Gasteiger partial charge in [0.15, 0.2) is 5.75 Å². The number of unbranched alkanes of at least 4 members (excludes halogenated alkanes) is 2. The number of methoxy groups -OCH3 is 1. The first kappa shape index (κ1) is 17.9. The van der Waals surface area contributed by atoms with Gasteiger partial charge in [-0.05, 0) is 25.0 Å². The van der Waals surface area contributed by atoms with Gasteiger partial charge in [0.1, 0.15) is 0 Å². The SMILES string of the molecule is CCCCN(CCCC)C(=O)c1ccc(OC)c([N+](=O)[O-])c1. The van der Waals surface area contributed by atoms with Crippen LogP contribution in [0.3, 0.4) is 0 Å². The van der Waals surface area contributed by atoms with Crippen molar-refractivity contribution >= 4 is 11.6 Å². The number of amides is 1. The number of nitrogens with zero attached hydrogens (tertiary/aromatic N) is 2. The zero-order valence-corrected chi connectivity index (χ0v) is 13.5. The Kier molecular flexibility index (Phi) is 7.36. The van der Waals surface area contributed by atoms with Crippen molar-refractivity contribution in [1.82, 2.24) is 4.90 Å². The summed E-state index contributed by atoms with van der Waals surface area (Å²) in [5.74, 6) is 0.00266. The third-order valence-electron chi connectivity index (χ3n) is 3.47. The Bertz CT molecular complexity index is 509. The molecule has 0 bridgehead atoms. The number of nitro groups is 1. The summed E-state index contributed by atoms with van der Waals surface area (Å²) >= 11 is 0. The molecule has 0 fully saturated rings. The number of nitro benzene ring substituents is 1. The predicted octanol–water partition coefficient (Wildman–Crippen LogP) is 3.65. The lowest BCUT2D eigenvalue weighted by Gasteiger charge is -2.22. The Hall–Kier alpha value is -2.11. The average molecular weight is 308 g/mol. The molecule has 0 unspecified atom stereocenters. The fourth-order valence-electron chi connectivity index (χ4n) is 2.16. The monoisotopic (exact) mass is 308 g/mol. The first-order valence-electron chi connectivity index (χ1n) is 7.66. The van der Waals surface area contributed by atoms with E-state index in [-0.39, 0.29) is 17.3 Å². The summed E-state index contributed by atoms with van der Waals surface area (Å²) < 4.78 is 4.97. The van der Waals surface area contributed by atoms with Crippen LogP contribution in [0.15, 0.2) is 18.2 Å². The van der Waals surface area contributed by atoms with Crippen molar-refractivity contribution in [2.75, 3.05) is 20.2 Å².